The molecule has 3 unspecified atom stereocenters. The van der Waals surface area contributed by atoms with Crippen molar-refractivity contribution < 1.29 is 17.6 Å². The molecule has 0 aromatic heterocycles. The molecule has 1 aliphatic carbocycles. The van der Waals surface area contributed by atoms with Crippen LogP contribution in [-0.4, -0.2) is 18.8 Å². The average Bonchev–Trinajstić information content (AvgIpc) is 1.82. The van der Waals surface area contributed by atoms with Crippen molar-refractivity contribution in [3.63, 3.8) is 0 Å². The van der Waals surface area contributed by atoms with Crippen LogP contribution in [-0.2, 0) is 0 Å². The lowest BCUT2D eigenvalue weighted by Gasteiger charge is -2.32. The molecule has 1 rings (SSSR count). The highest BCUT2D eigenvalue weighted by Gasteiger charge is 2.42. The van der Waals surface area contributed by atoms with E-state index in [9.17, 15) is 17.6 Å². The van der Waals surface area contributed by atoms with E-state index < -0.39 is 24.7 Å². The number of halogens is 4. The van der Waals surface area contributed by atoms with Crippen LogP contribution in [0.15, 0.2) is 0 Å². The fraction of sp³-hybridized carbons (Fsp3) is 1.00. The van der Waals surface area contributed by atoms with Gasteiger partial charge in [-0.25, -0.2) is 17.6 Å². The van der Waals surface area contributed by atoms with Gasteiger partial charge in [0, 0.05) is 0 Å². The third kappa shape index (κ3) is 1.90. The maximum absolute atomic E-state index is 12.9. The van der Waals surface area contributed by atoms with Crippen molar-refractivity contribution in [3.8, 4) is 0 Å². The summed E-state index contributed by atoms with van der Waals surface area (Å²) in [6.45, 7) is 1.68. The molecule has 0 saturated heterocycles. The van der Waals surface area contributed by atoms with Crippen LogP contribution in [0.5, 0.6) is 0 Å². The van der Waals surface area contributed by atoms with E-state index in [1.54, 1.807) is 6.92 Å². The minimum absolute atomic E-state index is 0.0649. The Balaban J connectivity index is 2.60. The van der Waals surface area contributed by atoms with E-state index in [4.69, 9.17) is 0 Å². The maximum atomic E-state index is 12.9. The molecule has 0 amide bonds. The fourth-order valence-electron chi connectivity index (χ4n) is 1.72. The molecular formula is C8H12F4. The quantitative estimate of drug-likeness (QED) is 0.549. The van der Waals surface area contributed by atoms with Crippen LogP contribution in [0.2, 0.25) is 0 Å². The van der Waals surface area contributed by atoms with Crippen molar-refractivity contribution in [1.29, 1.82) is 0 Å². The van der Waals surface area contributed by atoms with E-state index in [0.717, 1.165) is 0 Å². The Hall–Kier alpha value is -0.280. The van der Waals surface area contributed by atoms with Crippen LogP contribution in [0.3, 0.4) is 0 Å². The molecule has 0 nitrogen and oxygen atoms in total. The van der Waals surface area contributed by atoms with Gasteiger partial charge in [-0.15, -0.1) is 0 Å². The van der Waals surface area contributed by atoms with Gasteiger partial charge < -0.3 is 0 Å². The third-order valence-corrected chi connectivity index (χ3v) is 2.38. The Morgan fingerprint density at radius 1 is 1.08 bits per heavy atom. The SMILES string of the molecule is CC1CC(F)C(C(F)F)[C@H](F)C1. The molecule has 72 valence electrons. The molecule has 0 bridgehead atoms. The van der Waals surface area contributed by atoms with Gasteiger partial charge in [0.2, 0.25) is 6.43 Å². The molecule has 0 radical (unpaired) electrons. The summed E-state index contributed by atoms with van der Waals surface area (Å²) in [5.74, 6) is -1.81. The van der Waals surface area contributed by atoms with Gasteiger partial charge in [0.15, 0.2) is 0 Å². The van der Waals surface area contributed by atoms with E-state index >= 15 is 0 Å². The Morgan fingerprint density at radius 3 is 1.83 bits per heavy atom. The van der Waals surface area contributed by atoms with Crippen LogP contribution in [0, 0.1) is 11.8 Å². The molecule has 1 aliphatic rings. The summed E-state index contributed by atoms with van der Waals surface area (Å²) >= 11 is 0. The molecule has 0 heterocycles. The van der Waals surface area contributed by atoms with Crippen molar-refractivity contribution in [2.24, 2.45) is 11.8 Å². The van der Waals surface area contributed by atoms with E-state index in [-0.39, 0.29) is 18.8 Å². The van der Waals surface area contributed by atoms with E-state index in [1.807, 2.05) is 0 Å². The number of hydrogen-bond donors (Lipinski definition) is 0. The van der Waals surface area contributed by atoms with Crippen molar-refractivity contribution in [2.75, 3.05) is 0 Å². The standard InChI is InChI=1S/C8H12F4/c1-4-2-5(9)7(8(11)12)6(10)3-4/h4-8H,2-3H2,1H3/t4?,5-,6?,7?/m1/s1. The maximum Gasteiger partial charge on any atom is 0.247 e. The molecule has 0 aromatic rings. The Labute approximate surface area is 69.0 Å². The minimum atomic E-state index is -2.87. The minimum Gasteiger partial charge on any atom is -0.247 e. The zero-order valence-corrected chi connectivity index (χ0v) is 6.81. The van der Waals surface area contributed by atoms with Gasteiger partial charge in [-0.1, -0.05) is 6.92 Å². The van der Waals surface area contributed by atoms with Crippen LogP contribution >= 0.6 is 0 Å². The summed E-state index contributed by atoms with van der Waals surface area (Å²) < 4.78 is 49.9. The van der Waals surface area contributed by atoms with Gasteiger partial charge in [-0.2, -0.15) is 0 Å². The first-order valence-corrected chi connectivity index (χ1v) is 4.08. The first-order chi connectivity index (χ1) is 5.52. The zero-order chi connectivity index (χ0) is 9.30. The highest BCUT2D eigenvalue weighted by molar-refractivity contribution is 4.86. The number of hydrogen-bond acceptors (Lipinski definition) is 0. The molecule has 12 heavy (non-hydrogen) atoms. The highest BCUT2D eigenvalue weighted by Crippen LogP contribution is 2.36. The van der Waals surface area contributed by atoms with E-state index in [2.05, 4.69) is 0 Å². The Kier molecular flexibility index (Phi) is 2.96. The van der Waals surface area contributed by atoms with Gasteiger partial charge in [0.05, 0.1) is 5.92 Å². The van der Waals surface area contributed by atoms with Crippen molar-refractivity contribution in [1.82, 2.24) is 0 Å². The molecule has 0 aromatic carbocycles. The second-order valence-corrected chi connectivity index (χ2v) is 3.52. The summed E-state index contributed by atoms with van der Waals surface area (Å²) in [7, 11) is 0. The second kappa shape index (κ2) is 3.62. The zero-order valence-electron chi connectivity index (χ0n) is 6.81. The summed E-state index contributed by atoms with van der Waals surface area (Å²) in [4.78, 5) is 0. The first-order valence-electron chi connectivity index (χ1n) is 4.08. The molecular weight excluding hydrogens is 172 g/mol. The molecule has 1 fully saturated rings. The van der Waals surface area contributed by atoms with Crippen LogP contribution in [0.1, 0.15) is 19.8 Å². The van der Waals surface area contributed by atoms with Crippen LogP contribution in [0.25, 0.3) is 0 Å². The Morgan fingerprint density at radius 2 is 1.50 bits per heavy atom. The highest BCUT2D eigenvalue weighted by atomic mass is 19.3. The van der Waals surface area contributed by atoms with Crippen LogP contribution in [0.4, 0.5) is 17.6 Å². The average molecular weight is 184 g/mol. The topological polar surface area (TPSA) is 0 Å². The molecule has 4 atom stereocenters. The van der Waals surface area contributed by atoms with Gasteiger partial charge in [0.1, 0.15) is 12.3 Å². The molecule has 1 saturated carbocycles. The smallest absolute Gasteiger partial charge is 0.247 e. The number of alkyl halides is 4. The molecule has 0 N–H and O–H groups in total. The molecule has 0 aliphatic heterocycles. The van der Waals surface area contributed by atoms with Gasteiger partial charge in [0.25, 0.3) is 0 Å². The monoisotopic (exact) mass is 184 g/mol. The van der Waals surface area contributed by atoms with Crippen LogP contribution < -0.4 is 0 Å². The summed E-state index contributed by atoms with van der Waals surface area (Å²) in [6, 6.07) is 0. The summed E-state index contributed by atoms with van der Waals surface area (Å²) in [6.07, 6.45) is -6.10. The fourth-order valence-corrected chi connectivity index (χ4v) is 1.72. The molecule has 4 heteroatoms. The predicted octanol–water partition coefficient (Wildman–Crippen LogP) is 2.97. The lowest BCUT2D eigenvalue weighted by atomic mass is 9.80. The first kappa shape index (κ1) is 9.81. The predicted molar refractivity (Wildman–Crippen MR) is 37.7 cm³/mol. The van der Waals surface area contributed by atoms with Crippen molar-refractivity contribution >= 4 is 0 Å². The van der Waals surface area contributed by atoms with Gasteiger partial charge >= 0.3 is 0 Å². The largest absolute Gasteiger partial charge is 0.247 e. The summed E-state index contributed by atoms with van der Waals surface area (Å²) in [5, 5.41) is 0. The second-order valence-electron chi connectivity index (χ2n) is 3.52. The molecule has 0 spiro atoms. The van der Waals surface area contributed by atoms with Gasteiger partial charge in [-0.3, -0.25) is 0 Å². The van der Waals surface area contributed by atoms with E-state index in [1.165, 1.54) is 0 Å². The normalized spacial score (nSPS) is 43.5. The summed E-state index contributed by atoms with van der Waals surface area (Å²) in [5.41, 5.74) is 0. The van der Waals surface area contributed by atoms with Crippen molar-refractivity contribution in [2.45, 2.75) is 38.5 Å². The third-order valence-electron chi connectivity index (χ3n) is 2.38. The van der Waals surface area contributed by atoms with Gasteiger partial charge in [-0.05, 0) is 18.8 Å². The lowest BCUT2D eigenvalue weighted by molar-refractivity contribution is -0.0506. The Bertz CT molecular complexity index is 136. The van der Waals surface area contributed by atoms with E-state index in [0.29, 0.717) is 0 Å². The van der Waals surface area contributed by atoms with Crippen molar-refractivity contribution in [3.05, 3.63) is 0 Å². The lowest BCUT2D eigenvalue weighted by Crippen LogP contribution is -2.39. The number of rotatable bonds is 1.